The minimum absolute atomic E-state index is 0.00806. The summed E-state index contributed by atoms with van der Waals surface area (Å²) in [5, 5.41) is 11.1. The number of piperazine rings is 1. The molecule has 1 aromatic carbocycles. The average molecular weight is 310 g/mol. The van der Waals surface area contributed by atoms with Gasteiger partial charge in [0, 0.05) is 44.2 Å². The highest BCUT2D eigenvalue weighted by molar-refractivity contribution is 6.33. The van der Waals surface area contributed by atoms with Crippen LogP contribution in [0.15, 0.2) is 18.2 Å². The largest absolute Gasteiger partial charge is 0.367 e. The van der Waals surface area contributed by atoms with E-state index < -0.39 is 4.92 Å². The number of anilines is 1. The number of hydrogen-bond donors (Lipinski definition) is 0. The van der Waals surface area contributed by atoms with E-state index in [1.807, 2.05) is 4.90 Å². The van der Waals surface area contributed by atoms with Crippen LogP contribution in [0.25, 0.3) is 0 Å². The maximum Gasteiger partial charge on any atom is 0.271 e. The van der Waals surface area contributed by atoms with E-state index in [0.29, 0.717) is 31.2 Å². The SMILES string of the molecule is O=C(C1CC1)N1CCN(c2ccc([N+](=O)[O-])cc2Cl)CC1. The van der Waals surface area contributed by atoms with E-state index >= 15 is 0 Å². The third-order valence-electron chi connectivity index (χ3n) is 4.00. The molecule has 1 heterocycles. The highest BCUT2D eigenvalue weighted by Crippen LogP contribution is 2.33. The second-order valence-electron chi connectivity index (χ2n) is 5.48. The fourth-order valence-electron chi connectivity index (χ4n) is 2.62. The summed E-state index contributed by atoms with van der Waals surface area (Å²) in [6.07, 6.45) is 2.04. The molecule has 2 aliphatic rings. The number of halogens is 1. The number of benzene rings is 1. The molecular weight excluding hydrogens is 294 g/mol. The van der Waals surface area contributed by atoms with Crippen LogP contribution in [0.5, 0.6) is 0 Å². The second-order valence-corrected chi connectivity index (χ2v) is 5.89. The molecule has 112 valence electrons. The van der Waals surface area contributed by atoms with Gasteiger partial charge in [0.05, 0.1) is 15.6 Å². The standard InChI is InChI=1S/C14H16ClN3O3/c15-12-9-11(18(20)21)3-4-13(12)16-5-7-17(8-6-16)14(19)10-1-2-10/h3-4,9-10H,1-2,5-8H2. The van der Waals surface area contributed by atoms with Gasteiger partial charge in [0.15, 0.2) is 0 Å². The topological polar surface area (TPSA) is 66.7 Å². The average Bonchev–Trinajstić information content (AvgIpc) is 3.31. The summed E-state index contributed by atoms with van der Waals surface area (Å²) in [5.74, 6) is 0.518. The molecule has 0 aromatic heterocycles. The zero-order chi connectivity index (χ0) is 15.0. The number of carbonyl (C=O) groups is 1. The second kappa shape index (κ2) is 5.52. The van der Waals surface area contributed by atoms with Gasteiger partial charge in [-0.15, -0.1) is 0 Å². The first-order valence-electron chi connectivity index (χ1n) is 7.04. The third-order valence-corrected chi connectivity index (χ3v) is 4.30. The van der Waals surface area contributed by atoms with E-state index in [1.165, 1.54) is 12.1 Å². The molecule has 1 aliphatic carbocycles. The van der Waals surface area contributed by atoms with Crippen LogP contribution < -0.4 is 4.90 Å². The summed E-state index contributed by atoms with van der Waals surface area (Å²) in [7, 11) is 0. The summed E-state index contributed by atoms with van der Waals surface area (Å²) in [6, 6.07) is 4.51. The lowest BCUT2D eigenvalue weighted by atomic mass is 10.2. The van der Waals surface area contributed by atoms with Gasteiger partial charge in [-0.3, -0.25) is 14.9 Å². The van der Waals surface area contributed by atoms with Crippen molar-refractivity contribution in [2.45, 2.75) is 12.8 Å². The van der Waals surface area contributed by atoms with Crippen molar-refractivity contribution in [3.63, 3.8) is 0 Å². The molecule has 1 saturated heterocycles. The molecular formula is C14H16ClN3O3. The van der Waals surface area contributed by atoms with Gasteiger partial charge in [-0.25, -0.2) is 0 Å². The van der Waals surface area contributed by atoms with E-state index in [4.69, 9.17) is 11.6 Å². The first-order chi connectivity index (χ1) is 10.1. The molecule has 0 spiro atoms. The lowest BCUT2D eigenvalue weighted by molar-refractivity contribution is -0.384. The van der Waals surface area contributed by atoms with Gasteiger partial charge in [-0.05, 0) is 18.9 Å². The number of nitrogens with zero attached hydrogens (tertiary/aromatic N) is 3. The first-order valence-corrected chi connectivity index (χ1v) is 7.42. The summed E-state index contributed by atoms with van der Waals surface area (Å²) in [6.45, 7) is 2.78. The lowest BCUT2D eigenvalue weighted by Crippen LogP contribution is -2.49. The molecule has 3 rings (SSSR count). The van der Waals surface area contributed by atoms with E-state index in [1.54, 1.807) is 6.07 Å². The van der Waals surface area contributed by atoms with Crippen molar-refractivity contribution in [3.05, 3.63) is 33.3 Å². The van der Waals surface area contributed by atoms with Crippen LogP contribution >= 0.6 is 11.6 Å². The molecule has 1 aliphatic heterocycles. The van der Waals surface area contributed by atoms with Crippen LogP contribution in [0.4, 0.5) is 11.4 Å². The van der Waals surface area contributed by atoms with E-state index in [0.717, 1.165) is 18.5 Å². The number of carbonyl (C=O) groups excluding carboxylic acids is 1. The summed E-state index contributed by atoms with van der Waals surface area (Å²) < 4.78 is 0. The van der Waals surface area contributed by atoms with Gasteiger partial charge in [-0.2, -0.15) is 0 Å². The highest BCUT2D eigenvalue weighted by Gasteiger charge is 2.34. The fraction of sp³-hybridized carbons (Fsp3) is 0.500. The molecule has 0 radical (unpaired) electrons. The molecule has 0 bridgehead atoms. The smallest absolute Gasteiger partial charge is 0.271 e. The summed E-state index contributed by atoms with van der Waals surface area (Å²) in [4.78, 5) is 26.2. The van der Waals surface area contributed by atoms with Crippen molar-refractivity contribution in [2.24, 2.45) is 5.92 Å². The Morgan fingerprint density at radius 2 is 1.90 bits per heavy atom. The van der Waals surface area contributed by atoms with Crippen molar-refractivity contribution in [1.82, 2.24) is 4.90 Å². The number of rotatable bonds is 3. The van der Waals surface area contributed by atoms with E-state index in [2.05, 4.69) is 4.90 Å². The van der Waals surface area contributed by atoms with Crippen molar-refractivity contribution in [3.8, 4) is 0 Å². The lowest BCUT2D eigenvalue weighted by Gasteiger charge is -2.36. The highest BCUT2D eigenvalue weighted by atomic mass is 35.5. The third kappa shape index (κ3) is 2.95. The molecule has 21 heavy (non-hydrogen) atoms. The molecule has 7 heteroatoms. The van der Waals surface area contributed by atoms with Gasteiger partial charge in [0.1, 0.15) is 0 Å². The van der Waals surface area contributed by atoms with Crippen LogP contribution in [-0.4, -0.2) is 41.9 Å². The van der Waals surface area contributed by atoms with Crippen LogP contribution in [0.3, 0.4) is 0 Å². The molecule has 6 nitrogen and oxygen atoms in total. The van der Waals surface area contributed by atoms with Gasteiger partial charge >= 0.3 is 0 Å². The minimum Gasteiger partial charge on any atom is -0.367 e. The molecule has 0 N–H and O–H groups in total. The van der Waals surface area contributed by atoms with Gasteiger partial charge in [0.25, 0.3) is 5.69 Å². The Kier molecular flexibility index (Phi) is 3.71. The maximum absolute atomic E-state index is 12.0. The molecule has 2 fully saturated rings. The quantitative estimate of drug-likeness (QED) is 0.635. The number of amides is 1. The Morgan fingerprint density at radius 3 is 2.43 bits per heavy atom. The Bertz CT molecular complexity index is 581. The molecule has 1 aromatic rings. The van der Waals surface area contributed by atoms with Gasteiger partial charge in [-0.1, -0.05) is 11.6 Å². The molecule has 0 unspecified atom stereocenters. The normalized spacial score (nSPS) is 18.7. The Labute approximate surface area is 127 Å². The van der Waals surface area contributed by atoms with Gasteiger partial charge < -0.3 is 9.80 Å². The number of hydrogen-bond acceptors (Lipinski definition) is 4. The number of nitro benzene ring substituents is 1. The number of non-ortho nitro benzene ring substituents is 1. The Balaban J connectivity index is 1.66. The molecule has 1 amide bonds. The predicted octanol–water partition coefficient (Wildman–Crippen LogP) is 2.31. The predicted molar refractivity (Wildman–Crippen MR) is 79.6 cm³/mol. The minimum atomic E-state index is -0.456. The molecule has 0 atom stereocenters. The Morgan fingerprint density at radius 1 is 1.24 bits per heavy atom. The first kappa shape index (κ1) is 14.1. The fourth-order valence-corrected chi connectivity index (χ4v) is 2.92. The van der Waals surface area contributed by atoms with Crippen molar-refractivity contribution in [2.75, 3.05) is 31.1 Å². The monoisotopic (exact) mass is 309 g/mol. The van der Waals surface area contributed by atoms with Crippen LogP contribution in [0, 0.1) is 16.0 Å². The van der Waals surface area contributed by atoms with Crippen molar-refractivity contribution < 1.29 is 9.72 Å². The maximum atomic E-state index is 12.0. The van der Waals surface area contributed by atoms with Crippen molar-refractivity contribution in [1.29, 1.82) is 0 Å². The van der Waals surface area contributed by atoms with Crippen LogP contribution in [0.1, 0.15) is 12.8 Å². The summed E-state index contributed by atoms with van der Waals surface area (Å²) >= 11 is 6.14. The van der Waals surface area contributed by atoms with Crippen LogP contribution in [0.2, 0.25) is 5.02 Å². The number of nitro groups is 1. The molecule has 1 saturated carbocycles. The van der Waals surface area contributed by atoms with E-state index in [-0.39, 0.29) is 17.5 Å². The Hall–Kier alpha value is -1.82. The zero-order valence-electron chi connectivity index (χ0n) is 11.5. The van der Waals surface area contributed by atoms with Crippen LogP contribution in [-0.2, 0) is 4.79 Å². The summed E-state index contributed by atoms with van der Waals surface area (Å²) in [5.41, 5.74) is 0.784. The van der Waals surface area contributed by atoms with Gasteiger partial charge in [0.2, 0.25) is 5.91 Å². The zero-order valence-corrected chi connectivity index (χ0v) is 12.3. The van der Waals surface area contributed by atoms with E-state index in [9.17, 15) is 14.9 Å². The van der Waals surface area contributed by atoms with Crippen molar-refractivity contribution >= 4 is 28.9 Å².